The molecule has 2 heterocycles. The predicted molar refractivity (Wildman–Crippen MR) is 60.4 cm³/mol. The van der Waals surface area contributed by atoms with Crippen LogP contribution >= 0.6 is 0 Å². The van der Waals surface area contributed by atoms with Gasteiger partial charge in [-0.05, 0) is 32.2 Å². The Hall–Kier alpha value is -0.900. The quantitative estimate of drug-likeness (QED) is 0.831. The minimum atomic E-state index is 0.441. The summed E-state index contributed by atoms with van der Waals surface area (Å²) in [5, 5.41) is 7.54. The summed E-state index contributed by atoms with van der Waals surface area (Å²) in [6, 6.07) is 0. The van der Waals surface area contributed by atoms with Crippen LogP contribution in [0.2, 0.25) is 0 Å². The maximum atomic E-state index is 5.42. The van der Waals surface area contributed by atoms with E-state index >= 15 is 0 Å². The van der Waals surface area contributed by atoms with Crippen LogP contribution < -0.4 is 5.32 Å². The Balaban J connectivity index is 1.71. The van der Waals surface area contributed by atoms with E-state index in [2.05, 4.69) is 15.5 Å². The van der Waals surface area contributed by atoms with Gasteiger partial charge in [0.2, 0.25) is 5.89 Å². The van der Waals surface area contributed by atoms with Crippen LogP contribution in [0, 0.1) is 0 Å². The van der Waals surface area contributed by atoms with E-state index in [0.717, 1.165) is 24.8 Å². The van der Waals surface area contributed by atoms with Crippen LogP contribution in [-0.4, -0.2) is 23.2 Å². The lowest BCUT2D eigenvalue weighted by Gasteiger charge is -2.18. The fourth-order valence-corrected chi connectivity index (χ4v) is 2.83. The van der Waals surface area contributed by atoms with Crippen LogP contribution in [0.5, 0.6) is 0 Å². The summed E-state index contributed by atoms with van der Waals surface area (Å²) in [5.74, 6) is 2.82. The first kappa shape index (κ1) is 10.3. The van der Waals surface area contributed by atoms with Crippen molar-refractivity contribution in [3.8, 4) is 0 Å². The molecule has 3 rings (SSSR count). The maximum Gasteiger partial charge on any atom is 0.231 e. The average molecular weight is 221 g/mol. The normalized spacial score (nSPS) is 27.4. The number of nitrogens with zero attached hydrogens (tertiary/aromatic N) is 2. The van der Waals surface area contributed by atoms with Gasteiger partial charge in [-0.3, -0.25) is 0 Å². The molecule has 4 heteroatoms. The monoisotopic (exact) mass is 221 g/mol. The standard InChI is InChI=1S/C12H19N3O/c1-2-5-9(4-1)11-14-12(16-15-11)10-6-3-7-13-8-10/h9-10,13H,1-8H2. The Bertz CT molecular complexity index is 338. The highest BCUT2D eigenvalue weighted by Gasteiger charge is 2.25. The predicted octanol–water partition coefficient (Wildman–Crippen LogP) is 2.19. The number of rotatable bonds is 2. The molecule has 1 saturated carbocycles. The molecule has 2 aliphatic rings. The van der Waals surface area contributed by atoms with Gasteiger partial charge in [0.05, 0.1) is 5.92 Å². The highest BCUT2D eigenvalue weighted by molar-refractivity contribution is 5.02. The van der Waals surface area contributed by atoms with Crippen LogP contribution in [0.25, 0.3) is 0 Å². The molecular weight excluding hydrogens is 202 g/mol. The molecule has 0 aromatic carbocycles. The Morgan fingerprint density at radius 3 is 2.62 bits per heavy atom. The van der Waals surface area contributed by atoms with Gasteiger partial charge in [-0.25, -0.2) is 0 Å². The van der Waals surface area contributed by atoms with E-state index in [1.165, 1.54) is 38.5 Å². The van der Waals surface area contributed by atoms with Gasteiger partial charge in [-0.2, -0.15) is 4.98 Å². The molecule has 1 N–H and O–H groups in total. The van der Waals surface area contributed by atoms with Crippen molar-refractivity contribution in [1.82, 2.24) is 15.5 Å². The van der Waals surface area contributed by atoms with Gasteiger partial charge in [-0.15, -0.1) is 0 Å². The molecule has 1 aliphatic heterocycles. The minimum absolute atomic E-state index is 0.441. The molecule has 88 valence electrons. The van der Waals surface area contributed by atoms with E-state index in [1.54, 1.807) is 0 Å². The third-order valence-electron chi connectivity index (χ3n) is 3.82. The lowest BCUT2D eigenvalue weighted by Crippen LogP contribution is -2.28. The van der Waals surface area contributed by atoms with Crippen LogP contribution in [0.1, 0.15) is 62.1 Å². The van der Waals surface area contributed by atoms with Crippen LogP contribution in [0.4, 0.5) is 0 Å². The first-order chi connectivity index (χ1) is 7.93. The first-order valence-electron chi connectivity index (χ1n) is 6.47. The van der Waals surface area contributed by atoms with E-state index in [4.69, 9.17) is 4.52 Å². The zero-order valence-corrected chi connectivity index (χ0v) is 9.61. The van der Waals surface area contributed by atoms with E-state index in [9.17, 15) is 0 Å². The number of hydrogen-bond donors (Lipinski definition) is 1. The summed E-state index contributed by atoms with van der Waals surface area (Å²) in [5.41, 5.74) is 0. The first-order valence-corrected chi connectivity index (χ1v) is 6.47. The van der Waals surface area contributed by atoms with E-state index in [-0.39, 0.29) is 0 Å². The minimum Gasteiger partial charge on any atom is -0.339 e. The molecule has 1 aliphatic carbocycles. The van der Waals surface area contributed by atoms with Crippen molar-refractivity contribution in [1.29, 1.82) is 0 Å². The molecule has 0 amide bonds. The molecule has 0 radical (unpaired) electrons. The molecule has 1 aromatic heterocycles. The van der Waals surface area contributed by atoms with Crippen LogP contribution in [0.3, 0.4) is 0 Å². The summed E-state index contributed by atoms with van der Waals surface area (Å²) in [7, 11) is 0. The summed E-state index contributed by atoms with van der Waals surface area (Å²) < 4.78 is 5.42. The lowest BCUT2D eigenvalue weighted by atomic mass is 10.00. The van der Waals surface area contributed by atoms with Gasteiger partial charge in [0, 0.05) is 12.5 Å². The summed E-state index contributed by atoms with van der Waals surface area (Å²) in [6.07, 6.45) is 7.51. The van der Waals surface area contributed by atoms with Crippen molar-refractivity contribution in [3.63, 3.8) is 0 Å². The SMILES string of the molecule is C1CCC(c2noc(C3CCCNC3)n2)C1. The average Bonchev–Trinajstić information content (AvgIpc) is 3.01. The molecule has 1 saturated heterocycles. The second kappa shape index (κ2) is 4.53. The number of piperidine rings is 1. The number of aromatic nitrogens is 2. The van der Waals surface area contributed by atoms with E-state index in [0.29, 0.717) is 11.8 Å². The van der Waals surface area contributed by atoms with Crippen molar-refractivity contribution < 1.29 is 4.52 Å². The van der Waals surface area contributed by atoms with Crippen molar-refractivity contribution >= 4 is 0 Å². The van der Waals surface area contributed by atoms with Gasteiger partial charge >= 0.3 is 0 Å². The lowest BCUT2D eigenvalue weighted by molar-refractivity contribution is 0.319. The summed E-state index contributed by atoms with van der Waals surface area (Å²) in [4.78, 5) is 4.60. The fraction of sp³-hybridized carbons (Fsp3) is 0.833. The van der Waals surface area contributed by atoms with E-state index in [1.807, 2.05) is 0 Å². The second-order valence-corrected chi connectivity index (χ2v) is 5.02. The topological polar surface area (TPSA) is 51.0 Å². The molecule has 1 aromatic rings. The second-order valence-electron chi connectivity index (χ2n) is 5.02. The molecule has 1 atom stereocenters. The van der Waals surface area contributed by atoms with Gasteiger partial charge in [-0.1, -0.05) is 18.0 Å². The van der Waals surface area contributed by atoms with Gasteiger partial charge in [0.15, 0.2) is 5.82 Å². The van der Waals surface area contributed by atoms with Gasteiger partial charge < -0.3 is 9.84 Å². The fourth-order valence-electron chi connectivity index (χ4n) is 2.83. The Morgan fingerprint density at radius 1 is 1.06 bits per heavy atom. The highest BCUT2D eigenvalue weighted by atomic mass is 16.5. The Labute approximate surface area is 95.8 Å². The van der Waals surface area contributed by atoms with E-state index < -0.39 is 0 Å². The summed E-state index contributed by atoms with van der Waals surface area (Å²) >= 11 is 0. The van der Waals surface area contributed by atoms with Crippen molar-refractivity contribution in [2.24, 2.45) is 0 Å². The van der Waals surface area contributed by atoms with Crippen molar-refractivity contribution in [3.05, 3.63) is 11.7 Å². The largest absolute Gasteiger partial charge is 0.339 e. The zero-order chi connectivity index (χ0) is 10.8. The van der Waals surface area contributed by atoms with Crippen LogP contribution in [0.15, 0.2) is 4.52 Å². The third-order valence-corrected chi connectivity index (χ3v) is 3.82. The molecule has 2 fully saturated rings. The maximum absolute atomic E-state index is 5.42. The summed E-state index contributed by atoms with van der Waals surface area (Å²) in [6.45, 7) is 2.12. The third kappa shape index (κ3) is 1.98. The Kier molecular flexibility index (Phi) is 2.91. The van der Waals surface area contributed by atoms with Gasteiger partial charge in [0.25, 0.3) is 0 Å². The number of hydrogen-bond acceptors (Lipinski definition) is 4. The molecular formula is C12H19N3O. The van der Waals surface area contributed by atoms with Gasteiger partial charge in [0.1, 0.15) is 0 Å². The zero-order valence-electron chi connectivity index (χ0n) is 9.61. The smallest absolute Gasteiger partial charge is 0.231 e. The molecule has 0 spiro atoms. The molecule has 16 heavy (non-hydrogen) atoms. The molecule has 4 nitrogen and oxygen atoms in total. The Morgan fingerprint density at radius 2 is 1.88 bits per heavy atom. The molecule has 1 unspecified atom stereocenters. The van der Waals surface area contributed by atoms with Crippen LogP contribution in [-0.2, 0) is 0 Å². The highest BCUT2D eigenvalue weighted by Crippen LogP contribution is 2.33. The number of nitrogens with one attached hydrogen (secondary N) is 1. The van der Waals surface area contributed by atoms with Crippen molar-refractivity contribution in [2.45, 2.75) is 50.4 Å². The molecule has 0 bridgehead atoms. The van der Waals surface area contributed by atoms with Crippen molar-refractivity contribution in [2.75, 3.05) is 13.1 Å².